The fourth-order valence-corrected chi connectivity index (χ4v) is 1.36. The molecular formula is C15H21N3O2. The smallest absolute Gasteiger partial charge is 0.407 e. The Kier molecular flexibility index (Phi) is 5.39. The number of alkyl carbamates (subject to hydrolysis) is 1. The van der Waals surface area contributed by atoms with Crippen LogP contribution in [0.4, 0.5) is 10.6 Å². The zero-order chi connectivity index (χ0) is 15.2. The van der Waals surface area contributed by atoms with Crippen molar-refractivity contribution in [2.45, 2.75) is 39.7 Å². The molecule has 1 aromatic heterocycles. The van der Waals surface area contributed by atoms with Crippen molar-refractivity contribution in [1.82, 2.24) is 10.3 Å². The summed E-state index contributed by atoms with van der Waals surface area (Å²) in [5.74, 6) is 6.34. The Balaban J connectivity index is 2.40. The lowest BCUT2D eigenvalue weighted by molar-refractivity contribution is 0.0529. The van der Waals surface area contributed by atoms with Gasteiger partial charge in [0, 0.05) is 13.0 Å². The standard InChI is InChI=1S/C15H21N3O2/c1-11-8-9-13(16)18-12(11)7-5-6-10-17-14(19)20-15(2,3)4/h8-9H,6,10H2,1-4H3,(H2,16,18)(H,17,19). The minimum Gasteiger partial charge on any atom is -0.444 e. The highest BCUT2D eigenvalue weighted by Gasteiger charge is 2.15. The van der Waals surface area contributed by atoms with Crippen molar-refractivity contribution in [2.75, 3.05) is 12.3 Å². The number of carbonyl (C=O) groups excluding carboxylic acids is 1. The van der Waals surface area contributed by atoms with E-state index in [0.717, 1.165) is 5.56 Å². The Morgan fingerprint density at radius 1 is 1.45 bits per heavy atom. The van der Waals surface area contributed by atoms with Gasteiger partial charge in [-0.1, -0.05) is 12.0 Å². The molecule has 0 fully saturated rings. The van der Waals surface area contributed by atoms with Gasteiger partial charge in [0.15, 0.2) is 0 Å². The number of rotatable bonds is 2. The fraction of sp³-hybridized carbons (Fsp3) is 0.467. The molecule has 0 radical (unpaired) electrons. The molecule has 0 saturated carbocycles. The maximum Gasteiger partial charge on any atom is 0.407 e. The van der Waals surface area contributed by atoms with Crippen molar-refractivity contribution < 1.29 is 9.53 Å². The number of hydrogen-bond acceptors (Lipinski definition) is 4. The number of aryl methyl sites for hydroxylation is 1. The highest BCUT2D eigenvalue weighted by Crippen LogP contribution is 2.07. The molecule has 0 bridgehead atoms. The lowest BCUT2D eigenvalue weighted by Crippen LogP contribution is -2.32. The molecule has 5 nitrogen and oxygen atoms in total. The van der Waals surface area contributed by atoms with Gasteiger partial charge in [-0.15, -0.1) is 0 Å². The molecule has 0 spiro atoms. The molecule has 0 atom stereocenters. The van der Waals surface area contributed by atoms with Gasteiger partial charge in [-0.3, -0.25) is 0 Å². The number of nitrogen functional groups attached to an aromatic ring is 1. The monoisotopic (exact) mass is 275 g/mol. The van der Waals surface area contributed by atoms with Gasteiger partial charge in [-0.25, -0.2) is 9.78 Å². The first-order chi connectivity index (χ1) is 9.28. The van der Waals surface area contributed by atoms with Crippen LogP contribution in [0.3, 0.4) is 0 Å². The molecule has 0 aliphatic carbocycles. The molecule has 108 valence electrons. The van der Waals surface area contributed by atoms with Crippen LogP contribution in [0.2, 0.25) is 0 Å². The van der Waals surface area contributed by atoms with Crippen LogP contribution in [0.15, 0.2) is 12.1 Å². The van der Waals surface area contributed by atoms with Crippen LogP contribution >= 0.6 is 0 Å². The largest absolute Gasteiger partial charge is 0.444 e. The predicted molar refractivity (Wildman–Crippen MR) is 79.1 cm³/mol. The average Bonchev–Trinajstić information content (AvgIpc) is 2.30. The van der Waals surface area contributed by atoms with E-state index in [2.05, 4.69) is 22.1 Å². The Hall–Kier alpha value is -2.22. The number of nitrogens with two attached hydrogens (primary N) is 1. The molecule has 20 heavy (non-hydrogen) atoms. The normalized spacial score (nSPS) is 10.4. The molecular weight excluding hydrogens is 254 g/mol. The van der Waals surface area contributed by atoms with Gasteiger partial charge in [-0.2, -0.15) is 0 Å². The highest BCUT2D eigenvalue weighted by molar-refractivity contribution is 5.67. The van der Waals surface area contributed by atoms with Crippen LogP contribution in [0.25, 0.3) is 0 Å². The zero-order valence-corrected chi connectivity index (χ0v) is 12.4. The van der Waals surface area contributed by atoms with Crippen molar-refractivity contribution >= 4 is 11.9 Å². The van der Waals surface area contributed by atoms with Gasteiger partial charge >= 0.3 is 6.09 Å². The number of ether oxygens (including phenoxy) is 1. The summed E-state index contributed by atoms with van der Waals surface area (Å²) in [6.45, 7) is 7.82. The SMILES string of the molecule is Cc1ccc(N)nc1C#CCCNC(=O)OC(C)(C)C. The lowest BCUT2D eigenvalue weighted by atomic mass is 10.2. The summed E-state index contributed by atoms with van der Waals surface area (Å²) in [6.07, 6.45) is 0.0902. The van der Waals surface area contributed by atoms with Gasteiger partial charge in [0.25, 0.3) is 0 Å². The maximum absolute atomic E-state index is 11.4. The van der Waals surface area contributed by atoms with Gasteiger partial charge in [-0.05, 0) is 45.2 Å². The Bertz CT molecular complexity index is 536. The molecule has 1 aromatic rings. The van der Waals surface area contributed by atoms with Gasteiger partial charge in [0.2, 0.25) is 0 Å². The molecule has 1 amide bonds. The number of aromatic nitrogens is 1. The average molecular weight is 275 g/mol. The highest BCUT2D eigenvalue weighted by atomic mass is 16.6. The number of hydrogen-bond donors (Lipinski definition) is 2. The van der Waals surface area contributed by atoms with Gasteiger partial charge < -0.3 is 15.8 Å². The summed E-state index contributed by atoms with van der Waals surface area (Å²) in [5.41, 5.74) is 6.76. The first-order valence-electron chi connectivity index (χ1n) is 6.47. The predicted octanol–water partition coefficient (Wildman–Crippen LogP) is 2.24. The summed E-state index contributed by atoms with van der Waals surface area (Å²) >= 11 is 0. The molecule has 5 heteroatoms. The fourth-order valence-electron chi connectivity index (χ4n) is 1.36. The number of nitrogens with zero attached hydrogens (tertiary/aromatic N) is 1. The van der Waals surface area contributed by atoms with E-state index in [9.17, 15) is 4.79 Å². The number of carbonyl (C=O) groups is 1. The zero-order valence-electron chi connectivity index (χ0n) is 12.4. The summed E-state index contributed by atoms with van der Waals surface area (Å²) in [5, 5.41) is 2.64. The second-order valence-electron chi connectivity index (χ2n) is 5.38. The Morgan fingerprint density at radius 2 is 2.15 bits per heavy atom. The van der Waals surface area contributed by atoms with Crippen molar-refractivity contribution in [2.24, 2.45) is 0 Å². The summed E-state index contributed by atoms with van der Waals surface area (Å²) in [4.78, 5) is 15.5. The van der Waals surface area contributed by atoms with Crippen LogP contribution in [0.5, 0.6) is 0 Å². The van der Waals surface area contributed by atoms with Crippen LogP contribution in [-0.4, -0.2) is 23.2 Å². The third kappa shape index (κ3) is 6.10. The number of amides is 1. The van der Waals surface area contributed by atoms with Crippen LogP contribution in [0, 0.1) is 18.8 Å². The van der Waals surface area contributed by atoms with Crippen molar-refractivity contribution in [3.8, 4) is 11.8 Å². The van der Waals surface area contributed by atoms with Crippen LogP contribution < -0.4 is 11.1 Å². The van der Waals surface area contributed by atoms with Crippen molar-refractivity contribution in [3.05, 3.63) is 23.4 Å². The second-order valence-corrected chi connectivity index (χ2v) is 5.38. The third-order valence-corrected chi connectivity index (χ3v) is 2.24. The minimum atomic E-state index is -0.488. The lowest BCUT2D eigenvalue weighted by Gasteiger charge is -2.19. The number of nitrogens with one attached hydrogen (secondary N) is 1. The van der Waals surface area contributed by atoms with E-state index in [-0.39, 0.29) is 0 Å². The van der Waals surface area contributed by atoms with E-state index in [0.29, 0.717) is 24.5 Å². The molecule has 3 N–H and O–H groups in total. The molecule has 0 saturated heterocycles. The Labute approximate surface area is 119 Å². The van der Waals surface area contributed by atoms with E-state index in [1.807, 2.05) is 33.8 Å². The van der Waals surface area contributed by atoms with E-state index in [1.54, 1.807) is 6.07 Å². The molecule has 0 aliphatic rings. The molecule has 1 heterocycles. The van der Waals surface area contributed by atoms with E-state index in [1.165, 1.54) is 0 Å². The second kappa shape index (κ2) is 6.80. The van der Waals surface area contributed by atoms with E-state index < -0.39 is 11.7 Å². The van der Waals surface area contributed by atoms with Crippen molar-refractivity contribution in [1.29, 1.82) is 0 Å². The minimum absolute atomic E-state index is 0.433. The number of pyridine rings is 1. The summed E-state index contributed by atoms with van der Waals surface area (Å²) in [7, 11) is 0. The van der Waals surface area contributed by atoms with E-state index >= 15 is 0 Å². The third-order valence-electron chi connectivity index (χ3n) is 2.24. The van der Waals surface area contributed by atoms with Gasteiger partial charge in [0.1, 0.15) is 17.1 Å². The molecule has 0 aromatic carbocycles. The molecule has 1 rings (SSSR count). The van der Waals surface area contributed by atoms with Crippen LogP contribution in [-0.2, 0) is 4.74 Å². The number of anilines is 1. The first kappa shape index (κ1) is 15.8. The van der Waals surface area contributed by atoms with Crippen LogP contribution in [0.1, 0.15) is 38.4 Å². The topological polar surface area (TPSA) is 77.2 Å². The summed E-state index contributed by atoms with van der Waals surface area (Å²) < 4.78 is 5.11. The Morgan fingerprint density at radius 3 is 2.80 bits per heavy atom. The summed E-state index contributed by atoms with van der Waals surface area (Å²) in [6, 6.07) is 3.62. The van der Waals surface area contributed by atoms with Gasteiger partial charge in [0.05, 0.1) is 0 Å². The first-order valence-corrected chi connectivity index (χ1v) is 6.47. The van der Waals surface area contributed by atoms with Crippen molar-refractivity contribution in [3.63, 3.8) is 0 Å². The molecule has 0 unspecified atom stereocenters. The molecule has 0 aliphatic heterocycles. The van der Waals surface area contributed by atoms with E-state index in [4.69, 9.17) is 10.5 Å². The maximum atomic E-state index is 11.4. The quantitative estimate of drug-likeness (QED) is 0.641.